The lowest BCUT2D eigenvalue weighted by molar-refractivity contribution is -0.384. The highest BCUT2D eigenvalue weighted by molar-refractivity contribution is 5.92. The molecule has 2 amide bonds. The van der Waals surface area contributed by atoms with E-state index in [1.807, 2.05) is 13.0 Å². The van der Waals surface area contributed by atoms with Crippen LogP contribution in [0, 0.1) is 10.1 Å². The average molecular weight is 316 g/mol. The summed E-state index contributed by atoms with van der Waals surface area (Å²) < 4.78 is 5.38. The molecule has 0 aliphatic heterocycles. The Morgan fingerprint density at radius 1 is 1.52 bits per heavy atom. The molecule has 8 heteroatoms. The third kappa shape index (κ3) is 3.15. The third-order valence-electron chi connectivity index (χ3n) is 3.79. The van der Waals surface area contributed by atoms with Crippen molar-refractivity contribution < 1.29 is 14.1 Å². The molecular weight excluding hydrogens is 300 g/mol. The number of hydrogen-bond acceptors (Lipinski definition) is 5. The summed E-state index contributed by atoms with van der Waals surface area (Å²) in [6.07, 6.45) is 5.91. The van der Waals surface area contributed by atoms with Gasteiger partial charge >= 0.3 is 11.7 Å². The Balaban J connectivity index is 1.82. The van der Waals surface area contributed by atoms with E-state index in [9.17, 15) is 14.9 Å². The molecule has 0 saturated heterocycles. The maximum Gasteiger partial charge on any atom is 0.322 e. The molecule has 0 radical (unpaired) electrons. The van der Waals surface area contributed by atoms with Crippen LogP contribution in [0.3, 0.4) is 0 Å². The summed E-state index contributed by atoms with van der Waals surface area (Å²) in [7, 11) is 0. The second-order valence-corrected chi connectivity index (χ2v) is 5.41. The van der Waals surface area contributed by atoms with E-state index in [0.29, 0.717) is 5.76 Å². The highest BCUT2D eigenvalue weighted by Gasteiger charge is 2.37. The standard InChI is InChI=1S/C15H16N4O4/c1-10(14-3-2-8-23-14)18(11-4-5-11)15(20)17-12-6-7-16-9-13(12)19(21)22/h2-3,6-11H,4-5H2,1H3,(H,16,17,20). The highest BCUT2D eigenvalue weighted by Crippen LogP contribution is 2.35. The molecule has 1 atom stereocenters. The van der Waals surface area contributed by atoms with Crippen LogP contribution < -0.4 is 5.32 Å². The van der Waals surface area contributed by atoms with E-state index in [1.165, 1.54) is 12.3 Å². The van der Waals surface area contributed by atoms with Crippen molar-refractivity contribution in [1.29, 1.82) is 0 Å². The minimum absolute atomic E-state index is 0.121. The first-order valence-corrected chi connectivity index (χ1v) is 7.29. The number of nitrogens with zero attached hydrogens (tertiary/aromatic N) is 3. The number of nitrogens with one attached hydrogen (secondary N) is 1. The van der Waals surface area contributed by atoms with Gasteiger partial charge in [0.1, 0.15) is 17.6 Å². The van der Waals surface area contributed by atoms with Crippen LogP contribution in [0.2, 0.25) is 0 Å². The number of nitro groups is 1. The second kappa shape index (κ2) is 6.07. The fraction of sp³-hybridized carbons (Fsp3) is 0.333. The molecule has 1 unspecified atom stereocenters. The zero-order valence-electron chi connectivity index (χ0n) is 12.5. The molecular formula is C15H16N4O4. The van der Waals surface area contributed by atoms with Gasteiger partial charge in [-0.15, -0.1) is 0 Å². The molecule has 1 N–H and O–H groups in total. The Morgan fingerprint density at radius 3 is 2.91 bits per heavy atom. The van der Waals surface area contributed by atoms with Crippen LogP contribution >= 0.6 is 0 Å². The first-order chi connectivity index (χ1) is 11.1. The van der Waals surface area contributed by atoms with Gasteiger partial charge < -0.3 is 14.6 Å². The normalized spacial score (nSPS) is 15.0. The van der Waals surface area contributed by atoms with Gasteiger partial charge in [0, 0.05) is 12.2 Å². The monoisotopic (exact) mass is 316 g/mol. The van der Waals surface area contributed by atoms with Crippen LogP contribution in [-0.4, -0.2) is 26.9 Å². The number of hydrogen-bond donors (Lipinski definition) is 1. The quantitative estimate of drug-likeness (QED) is 0.673. The topological polar surface area (TPSA) is 102 Å². The van der Waals surface area contributed by atoms with Crippen LogP contribution in [0.1, 0.15) is 31.6 Å². The number of carbonyl (C=O) groups is 1. The molecule has 1 aliphatic carbocycles. The van der Waals surface area contributed by atoms with Gasteiger partial charge in [-0.25, -0.2) is 4.79 Å². The summed E-state index contributed by atoms with van der Waals surface area (Å²) in [5.74, 6) is 0.677. The van der Waals surface area contributed by atoms with Crippen LogP contribution in [0.5, 0.6) is 0 Å². The molecule has 0 bridgehead atoms. The summed E-state index contributed by atoms with van der Waals surface area (Å²) in [4.78, 5) is 28.5. The predicted molar refractivity (Wildman–Crippen MR) is 81.9 cm³/mol. The van der Waals surface area contributed by atoms with Crippen LogP contribution in [0.4, 0.5) is 16.2 Å². The van der Waals surface area contributed by atoms with Crippen molar-refractivity contribution in [3.8, 4) is 0 Å². The van der Waals surface area contributed by atoms with Crippen molar-refractivity contribution in [3.63, 3.8) is 0 Å². The Labute approximate surface area is 132 Å². The molecule has 3 rings (SSSR count). The largest absolute Gasteiger partial charge is 0.467 e. The van der Waals surface area contributed by atoms with Crippen LogP contribution in [0.25, 0.3) is 0 Å². The van der Waals surface area contributed by atoms with Gasteiger partial charge in [0.15, 0.2) is 0 Å². The van der Waals surface area contributed by atoms with Crippen molar-refractivity contribution in [3.05, 3.63) is 52.7 Å². The van der Waals surface area contributed by atoms with E-state index in [0.717, 1.165) is 19.0 Å². The minimum Gasteiger partial charge on any atom is -0.467 e. The SMILES string of the molecule is CC(c1ccco1)N(C(=O)Nc1ccncc1[N+](=O)[O-])C1CC1. The third-order valence-corrected chi connectivity index (χ3v) is 3.79. The number of anilines is 1. The lowest BCUT2D eigenvalue weighted by Crippen LogP contribution is -2.38. The van der Waals surface area contributed by atoms with Gasteiger partial charge in [-0.05, 0) is 38.0 Å². The summed E-state index contributed by atoms with van der Waals surface area (Å²) in [5.41, 5.74) is -0.102. The van der Waals surface area contributed by atoms with E-state index < -0.39 is 4.92 Å². The smallest absolute Gasteiger partial charge is 0.322 e. The van der Waals surface area contributed by atoms with Crippen molar-refractivity contribution in [2.45, 2.75) is 31.8 Å². The van der Waals surface area contributed by atoms with E-state index in [-0.39, 0.29) is 29.5 Å². The highest BCUT2D eigenvalue weighted by atomic mass is 16.6. The predicted octanol–water partition coefficient (Wildman–Crippen LogP) is 3.34. The van der Waals surface area contributed by atoms with E-state index in [1.54, 1.807) is 17.2 Å². The summed E-state index contributed by atoms with van der Waals surface area (Å²) in [6, 6.07) is 4.48. The average Bonchev–Trinajstić information content (AvgIpc) is 3.19. The van der Waals surface area contributed by atoms with Gasteiger partial charge in [-0.3, -0.25) is 15.1 Å². The van der Waals surface area contributed by atoms with Gasteiger partial charge in [0.25, 0.3) is 0 Å². The number of furan rings is 1. The molecule has 1 aliphatic rings. The summed E-state index contributed by atoms with van der Waals surface area (Å²) in [5, 5.41) is 13.6. The Kier molecular flexibility index (Phi) is 3.96. The number of aromatic nitrogens is 1. The number of amides is 2. The maximum absolute atomic E-state index is 12.6. The zero-order chi connectivity index (χ0) is 16.4. The van der Waals surface area contributed by atoms with Gasteiger partial charge in [0.05, 0.1) is 17.2 Å². The molecule has 2 heterocycles. The first-order valence-electron chi connectivity index (χ1n) is 7.29. The molecule has 2 aromatic heterocycles. The molecule has 1 saturated carbocycles. The van der Waals surface area contributed by atoms with E-state index in [2.05, 4.69) is 10.3 Å². The molecule has 0 aromatic carbocycles. The fourth-order valence-electron chi connectivity index (χ4n) is 2.49. The zero-order valence-corrected chi connectivity index (χ0v) is 12.5. The van der Waals surface area contributed by atoms with Crippen molar-refractivity contribution in [2.75, 3.05) is 5.32 Å². The van der Waals surface area contributed by atoms with E-state index >= 15 is 0 Å². The van der Waals surface area contributed by atoms with Gasteiger partial charge in [-0.2, -0.15) is 0 Å². The Morgan fingerprint density at radius 2 is 2.30 bits per heavy atom. The van der Waals surface area contributed by atoms with Crippen molar-refractivity contribution >= 4 is 17.4 Å². The second-order valence-electron chi connectivity index (χ2n) is 5.41. The minimum atomic E-state index is -0.569. The number of pyridine rings is 1. The molecule has 2 aromatic rings. The number of urea groups is 1. The van der Waals surface area contributed by atoms with Gasteiger partial charge in [0.2, 0.25) is 0 Å². The molecule has 23 heavy (non-hydrogen) atoms. The molecule has 120 valence electrons. The maximum atomic E-state index is 12.6. The van der Waals surface area contributed by atoms with Crippen molar-refractivity contribution in [2.24, 2.45) is 0 Å². The molecule has 0 spiro atoms. The Bertz CT molecular complexity index is 712. The summed E-state index contributed by atoms with van der Waals surface area (Å²) >= 11 is 0. The van der Waals surface area contributed by atoms with E-state index in [4.69, 9.17) is 4.42 Å². The fourth-order valence-corrected chi connectivity index (χ4v) is 2.49. The van der Waals surface area contributed by atoms with Crippen LogP contribution in [0.15, 0.2) is 41.3 Å². The van der Waals surface area contributed by atoms with Crippen LogP contribution in [-0.2, 0) is 0 Å². The summed E-state index contributed by atoms with van der Waals surface area (Å²) in [6.45, 7) is 1.87. The molecule has 8 nitrogen and oxygen atoms in total. The first kappa shape index (κ1) is 15.0. The molecule has 1 fully saturated rings. The van der Waals surface area contributed by atoms with Crippen molar-refractivity contribution in [1.82, 2.24) is 9.88 Å². The lowest BCUT2D eigenvalue weighted by atomic mass is 10.2. The number of rotatable bonds is 5. The lowest BCUT2D eigenvalue weighted by Gasteiger charge is -2.28. The Hall–Kier alpha value is -2.90. The number of carbonyl (C=O) groups excluding carboxylic acids is 1. The van der Waals surface area contributed by atoms with Gasteiger partial charge in [-0.1, -0.05) is 0 Å².